The van der Waals surface area contributed by atoms with Crippen LogP contribution in [0.25, 0.3) is 0 Å². The van der Waals surface area contributed by atoms with Gasteiger partial charge < -0.3 is 9.26 Å². The summed E-state index contributed by atoms with van der Waals surface area (Å²) in [5, 5.41) is 4.60. The molecule has 7 heteroatoms. The number of ether oxygens (including phenoxy) is 1. The number of carbonyl (C=O) groups is 1. The molecule has 0 aliphatic carbocycles. The summed E-state index contributed by atoms with van der Waals surface area (Å²) >= 11 is 5.95. The number of methoxy groups -OCH3 is 1. The second-order valence-corrected chi connectivity index (χ2v) is 6.22. The molecule has 0 radical (unpaired) electrons. The van der Waals surface area contributed by atoms with Gasteiger partial charge in [0.2, 0.25) is 0 Å². The summed E-state index contributed by atoms with van der Waals surface area (Å²) in [6, 6.07) is 8.83. The average molecular weight is 350 g/mol. The lowest BCUT2D eigenvalue weighted by atomic mass is 10.0. The highest BCUT2D eigenvalue weighted by molar-refractivity contribution is 6.30. The summed E-state index contributed by atoms with van der Waals surface area (Å²) in [4.78, 5) is 16.7. The first-order valence-electron chi connectivity index (χ1n) is 7.86. The number of aromatic nitrogens is 1. The lowest BCUT2D eigenvalue weighted by molar-refractivity contribution is -0.148. The van der Waals surface area contributed by atoms with Crippen LogP contribution in [-0.4, -0.2) is 54.2 Å². The summed E-state index contributed by atoms with van der Waals surface area (Å²) in [6.45, 7) is 4.02. The van der Waals surface area contributed by atoms with Gasteiger partial charge in [-0.1, -0.05) is 28.9 Å². The predicted molar refractivity (Wildman–Crippen MR) is 89.6 cm³/mol. The van der Waals surface area contributed by atoms with Crippen LogP contribution in [0.4, 0.5) is 0 Å². The van der Waals surface area contributed by atoms with Gasteiger partial charge in [-0.05, 0) is 17.7 Å². The minimum atomic E-state index is -0.401. The second kappa shape index (κ2) is 7.79. The van der Waals surface area contributed by atoms with Crippen molar-refractivity contribution in [3.8, 4) is 0 Å². The van der Waals surface area contributed by atoms with E-state index < -0.39 is 6.04 Å². The first kappa shape index (κ1) is 17.0. The molecule has 0 N–H and O–H groups in total. The second-order valence-electron chi connectivity index (χ2n) is 5.78. The van der Waals surface area contributed by atoms with E-state index in [-0.39, 0.29) is 5.97 Å². The number of benzene rings is 1. The first-order chi connectivity index (χ1) is 11.7. The average Bonchev–Trinajstić information content (AvgIpc) is 3.11. The van der Waals surface area contributed by atoms with Gasteiger partial charge in [0.15, 0.2) is 0 Å². The van der Waals surface area contributed by atoms with Crippen LogP contribution in [0.2, 0.25) is 5.02 Å². The van der Waals surface area contributed by atoms with E-state index in [9.17, 15) is 4.79 Å². The van der Waals surface area contributed by atoms with Crippen LogP contribution in [-0.2, 0) is 16.1 Å². The summed E-state index contributed by atoms with van der Waals surface area (Å²) < 4.78 is 9.88. The van der Waals surface area contributed by atoms with Crippen LogP contribution in [0.3, 0.4) is 0 Å². The molecule has 0 saturated carbocycles. The van der Waals surface area contributed by atoms with Crippen molar-refractivity contribution >= 4 is 17.6 Å². The molecule has 1 aromatic heterocycles. The Morgan fingerprint density at radius 1 is 1.25 bits per heavy atom. The van der Waals surface area contributed by atoms with Crippen molar-refractivity contribution in [3.05, 3.63) is 52.9 Å². The molecule has 2 aromatic rings. The van der Waals surface area contributed by atoms with Crippen molar-refractivity contribution in [2.45, 2.75) is 12.6 Å². The smallest absolute Gasteiger partial charge is 0.327 e. The molecule has 0 amide bonds. The number of rotatable bonds is 5. The SMILES string of the molecule is COC(=O)[C@H](c1ccc(Cl)cc1)N1CCN(Cc2ccon2)CC1. The van der Waals surface area contributed by atoms with E-state index in [4.69, 9.17) is 20.9 Å². The summed E-state index contributed by atoms with van der Waals surface area (Å²) in [7, 11) is 1.42. The van der Waals surface area contributed by atoms with Crippen LogP contribution >= 0.6 is 11.6 Å². The van der Waals surface area contributed by atoms with E-state index in [1.807, 2.05) is 18.2 Å². The van der Waals surface area contributed by atoms with Gasteiger partial charge in [-0.3, -0.25) is 9.80 Å². The highest BCUT2D eigenvalue weighted by atomic mass is 35.5. The van der Waals surface area contributed by atoms with Gasteiger partial charge in [0.1, 0.15) is 12.3 Å². The molecule has 0 bridgehead atoms. The third kappa shape index (κ3) is 3.95. The fraction of sp³-hybridized carbons (Fsp3) is 0.412. The van der Waals surface area contributed by atoms with Crippen LogP contribution < -0.4 is 0 Å². The van der Waals surface area contributed by atoms with Crippen molar-refractivity contribution < 1.29 is 14.1 Å². The molecule has 0 spiro atoms. The Morgan fingerprint density at radius 3 is 2.54 bits per heavy atom. The molecule has 1 saturated heterocycles. The van der Waals surface area contributed by atoms with Gasteiger partial charge in [0.25, 0.3) is 0 Å². The largest absolute Gasteiger partial charge is 0.468 e. The van der Waals surface area contributed by atoms with Crippen LogP contribution in [0.1, 0.15) is 17.3 Å². The monoisotopic (exact) mass is 349 g/mol. The van der Waals surface area contributed by atoms with Crippen molar-refractivity contribution in [2.24, 2.45) is 0 Å². The van der Waals surface area contributed by atoms with Gasteiger partial charge in [-0.25, -0.2) is 4.79 Å². The van der Waals surface area contributed by atoms with E-state index in [0.717, 1.165) is 44.0 Å². The zero-order valence-corrected chi connectivity index (χ0v) is 14.3. The minimum Gasteiger partial charge on any atom is -0.468 e. The Labute approximate surface area is 145 Å². The van der Waals surface area contributed by atoms with Crippen LogP contribution in [0.5, 0.6) is 0 Å². The molecular formula is C17H20ClN3O3. The molecule has 24 heavy (non-hydrogen) atoms. The van der Waals surface area contributed by atoms with E-state index in [2.05, 4.69) is 15.0 Å². The molecule has 128 valence electrons. The van der Waals surface area contributed by atoms with E-state index >= 15 is 0 Å². The van der Waals surface area contributed by atoms with Crippen LogP contribution in [0.15, 0.2) is 41.1 Å². The number of hydrogen-bond acceptors (Lipinski definition) is 6. The van der Waals surface area contributed by atoms with Gasteiger partial charge in [0.05, 0.1) is 12.8 Å². The number of hydrogen-bond donors (Lipinski definition) is 0. The van der Waals surface area contributed by atoms with Gasteiger partial charge in [-0.2, -0.15) is 0 Å². The summed E-state index contributed by atoms with van der Waals surface area (Å²) in [5.41, 5.74) is 1.82. The number of carbonyl (C=O) groups excluding carboxylic acids is 1. The maximum absolute atomic E-state index is 12.3. The summed E-state index contributed by atoms with van der Waals surface area (Å²) in [5.74, 6) is -0.248. The lowest BCUT2D eigenvalue weighted by Gasteiger charge is -2.38. The third-order valence-electron chi connectivity index (χ3n) is 4.26. The molecule has 2 heterocycles. The van der Waals surface area contributed by atoms with Crippen molar-refractivity contribution in [2.75, 3.05) is 33.3 Å². The number of nitrogens with zero attached hydrogens (tertiary/aromatic N) is 3. The number of piperazine rings is 1. The topological polar surface area (TPSA) is 58.8 Å². The highest BCUT2D eigenvalue weighted by Gasteiger charge is 2.31. The lowest BCUT2D eigenvalue weighted by Crippen LogP contribution is -2.49. The molecule has 1 aliphatic rings. The van der Waals surface area contributed by atoms with E-state index in [1.165, 1.54) is 7.11 Å². The fourth-order valence-electron chi connectivity index (χ4n) is 2.98. The first-order valence-corrected chi connectivity index (χ1v) is 8.24. The Kier molecular flexibility index (Phi) is 5.50. The maximum atomic E-state index is 12.3. The minimum absolute atomic E-state index is 0.248. The Hall–Kier alpha value is -1.89. The van der Waals surface area contributed by atoms with Crippen molar-refractivity contribution in [1.82, 2.24) is 15.0 Å². The Bertz CT molecular complexity index is 652. The van der Waals surface area contributed by atoms with Crippen LogP contribution in [0, 0.1) is 0 Å². The number of esters is 1. The standard InChI is InChI=1S/C17H20ClN3O3/c1-23-17(22)16(13-2-4-14(18)5-3-13)21-9-7-20(8-10-21)12-15-6-11-24-19-15/h2-6,11,16H,7-10,12H2,1H3/t16-/m0/s1. The molecule has 1 atom stereocenters. The van der Waals surface area contributed by atoms with Crippen molar-refractivity contribution in [3.63, 3.8) is 0 Å². The molecule has 3 rings (SSSR count). The zero-order valence-electron chi connectivity index (χ0n) is 13.5. The number of halogens is 1. The Morgan fingerprint density at radius 2 is 1.96 bits per heavy atom. The van der Waals surface area contributed by atoms with Gasteiger partial charge >= 0.3 is 5.97 Å². The molecule has 1 fully saturated rings. The van der Waals surface area contributed by atoms with Crippen molar-refractivity contribution in [1.29, 1.82) is 0 Å². The molecule has 6 nitrogen and oxygen atoms in total. The maximum Gasteiger partial charge on any atom is 0.327 e. The normalized spacial score (nSPS) is 17.6. The van der Waals surface area contributed by atoms with Gasteiger partial charge in [0, 0.05) is 43.8 Å². The van der Waals surface area contributed by atoms with Gasteiger partial charge in [-0.15, -0.1) is 0 Å². The molecule has 1 aromatic carbocycles. The zero-order chi connectivity index (χ0) is 16.9. The molecular weight excluding hydrogens is 330 g/mol. The molecule has 0 unspecified atom stereocenters. The Balaban J connectivity index is 1.66. The summed E-state index contributed by atoms with van der Waals surface area (Å²) in [6.07, 6.45) is 1.58. The van der Waals surface area contributed by atoms with E-state index in [0.29, 0.717) is 5.02 Å². The highest BCUT2D eigenvalue weighted by Crippen LogP contribution is 2.25. The quantitative estimate of drug-likeness (QED) is 0.772. The fourth-order valence-corrected chi connectivity index (χ4v) is 3.11. The van der Waals surface area contributed by atoms with E-state index in [1.54, 1.807) is 18.4 Å². The third-order valence-corrected chi connectivity index (χ3v) is 4.51. The predicted octanol–water partition coefficient (Wildman–Crippen LogP) is 2.36. The molecule has 1 aliphatic heterocycles.